The smallest absolute Gasteiger partial charge is 0.309 e. The summed E-state index contributed by atoms with van der Waals surface area (Å²) in [5.41, 5.74) is 7.24. The molecule has 4 aromatic heterocycles. The highest BCUT2D eigenvalue weighted by molar-refractivity contribution is 6.10. The molecule has 65 heavy (non-hydrogen) atoms. The van der Waals surface area contributed by atoms with Gasteiger partial charge in [0.25, 0.3) is 0 Å². The standard InChI is InChI=1S/C54H33F3N8/c55-54(56,57)39-26-28-47-43(32-39)41-23-13-14-24-45(41)65(47)46-27-25-38(52-61-48(34-15-5-1-6-16-34)59-49(62-52)35-17-7-2-8-18-35)31-42(46)40-29-30-58-33-44(40)53-63-50(36-19-9-3-10-20-36)60-51(64-53)37-21-11-4-12-22-37/h1-33H. The highest BCUT2D eigenvalue weighted by Crippen LogP contribution is 2.42. The summed E-state index contributed by atoms with van der Waals surface area (Å²) in [5.74, 6) is 2.77. The SMILES string of the molecule is FC(F)(F)c1ccc2c(c1)c1ccccc1n2-c1ccc(-c2nc(-c3ccccc3)nc(-c3ccccc3)n2)cc1-c1ccncc1-c1nc(-c2ccccc2)nc(-c2ccccc2)n1. The van der Waals surface area contributed by atoms with Gasteiger partial charge in [0, 0.05) is 62.1 Å². The van der Waals surface area contributed by atoms with E-state index in [0.717, 1.165) is 33.8 Å². The molecule has 0 atom stereocenters. The maximum atomic E-state index is 14.2. The Hall–Kier alpha value is -8.70. The van der Waals surface area contributed by atoms with E-state index in [9.17, 15) is 13.2 Å². The lowest BCUT2D eigenvalue weighted by atomic mass is 9.96. The summed E-state index contributed by atoms with van der Waals surface area (Å²) in [5, 5.41) is 1.14. The van der Waals surface area contributed by atoms with Crippen LogP contribution in [0.25, 0.3) is 107 Å². The topological polar surface area (TPSA) is 95.2 Å². The molecule has 0 saturated heterocycles. The number of aromatic nitrogens is 8. The van der Waals surface area contributed by atoms with E-state index in [1.165, 1.54) is 12.1 Å². The van der Waals surface area contributed by atoms with E-state index < -0.39 is 11.7 Å². The first kappa shape index (κ1) is 39.2. The van der Waals surface area contributed by atoms with Crippen LogP contribution in [0.1, 0.15) is 5.56 Å². The summed E-state index contributed by atoms with van der Waals surface area (Å²) >= 11 is 0. The predicted molar refractivity (Wildman–Crippen MR) is 248 cm³/mol. The van der Waals surface area contributed by atoms with Crippen LogP contribution in [0.5, 0.6) is 0 Å². The molecular weight excluding hydrogens is 818 g/mol. The van der Waals surface area contributed by atoms with E-state index >= 15 is 0 Å². The van der Waals surface area contributed by atoms with E-state index in [4.69, 9.17) is 29.9 Å². The minimum atomic E-state index is -4.53. The van der Waals surface area contributed by atoms with Crippen LogP contribution in [0.3, 0.4) is 0 Å². The van der Waals surface area contributed by atoms with Gasteiger partial charge in [-0.25, -0.2) is 29.9 Å². The average Bonchev–Trinajstić information content (AvgIpc) is 3.70. The summed E-state index contributed by atoms with van der Waals surface area (Å²) < 4.78 is 44.7. The quantitative estimate of drug-likeness (QED) is 0.150. The molecule has 7 aromatic carbocycles. The summed E-state index contributed by atoms with van der Waals surface area (Å²) in [6, 6.07) is 58.1. The third-order valence-corrected chi connectivity index (χ3v) is 11.2. The second-order valence-corrected chi connectivity index (χ2v) is 15.3. The van der Waals surface area contributed by atoms with E-state index in [1.54, 1.807) is 12.4 Å². The largest absolute Gasteiger partial charge is 0.416 e. The van der Waals surface area contributed by atoms with E-state index in [0.29, 0.717) is 79.2 Å². The van der Waals surface area contributed by atoms with Gasteiger partial charge in [0.1, 0.15) is 0 Å². The molecule has 0 amide bonds. The lowest BCUT2D eigenvalue weighted by Crippen LogP contribution is -2.05. The Morgan fingerprint density at radius 3 is 1.34 bits per heavy atom. The normalized spacial score (nSPS) is 11.6. The molecule has 0 aliphatic carbocycles. The van der Waals surface area contributed by atoms with Gasteiger partial charge in [-0.2, -0.15) is 13.2 Å². The number of benzene rings is 7. The molecular formula is C54H33F3N8. The number of rotatable bonds is 8. The number of fused-ring (bicyclic) bond motifs is 3. The van der Waals surface area contributed by atoms with Crippen LogP contribution in [-0.4, -0.2) is 39.5 Å². The zero-order valence-electron chi connectivity index (χ0n) is 34.3. The molecule has 0 spiro atoms. The molecule has 0 saturated carbocycles. The minimum Gasteiger partial charge on any atom is -0.309 e. The Kier molecular flexibility index (Phi) is 9.77. The second-order valence-electron chi connectivity index (χ2n) is 15.3. The first-order valence-corrected chi connectivity index (χ1v) is 20.8. The molecule has 0 aliphatic heterocycles. The number of pyridine rings is 1. The predicted octanol–water partition coefficient (Wildman–Crippen LogP) is 13.2. The first-order chi connectivity index (χ1) is 31.9. The number of hydrogen-bond acceptors (Lipinski definition) is 7. The summed E-state index contributed by atoms with van der Waals surface area (Å²) in [4.78, 5) is 34.7. The second kappa shape index (κ2) is 16.2. The van der Waals surface area contributed by atoms with Crippen molar-refractivity contribution in [1.82, 2.24) is 39.5 Å². The first-order valence-electron chi connectivity index (χ1n) is 20.8. The van der Waals surface area contributed by atoms with Crippen LogP contribution in [0.15, 0.2) is 200 Å². The van der Waals surface area contributed by atoms with Gasteiger partial charge >= 0.3 is 6.18 Å². The van der Waals surface area contributed by atoms with Crippen LogP contribution in [0.2, 0.25) is 0 Å². The Labute approximate surface area is 370 Å². The van der Waals surface area contributed by atoms with Crippen LogP contribution in [0.4, 0.5) is 13.2 Å². The molecule has 11 rings (SSSR count). The van der Waals surface area contributed by atoms with Crippen molar-refractivity contribution < 1.29 is 13.2 Å². The zero-order chi connectivity index (χ0) is 43.9. The number of para-hydroxylation sites is 1. The third-order valence-electron chi connectivity index (χ3n) is 11.2. The summed E-state index contributed by atoms with van der Waals surface area (Å²) in [6.45, 7) is 0. The van der Waals surface area contributed by atoms with Crippen LogP contribution in [0, 0.1) is 0 Å². The minimum absolute atomic E-state index is 0.382. The zero-order valence-corrected chi connectivity index (χ0v) is 34.3. The summed E-state index contributed by atoms with van der Waals surface area (Å²) in [6.07, 6.45) is -1.09. The van der Waals surface area contributed by atoms with E-state index in [1.807, 2.05) is 174 Å². The Morgan fingerprint density at radius 1 is 0.354 bits per heavy atom. The Morgan fingerprint density at radius 2 is 0.815 bits per heavy atom. The number of nitrogens with zero attached hydrogens (tertiary/aromatic N) is 8. The van der Waals surface area contributed by atoms with Crippen LogP contribution < -0.4 is 0 Å². The summed E-state index contributed by atoms with van der Waals surface area (Å²) in [7, 11) is 0. The molecule has 8 nitrogen and oxygen atoms in total. The molecule has 11 heteroatoms. The van der Waals surface area contributed by atoms with Gasteiger partial charge in [-0.3, -0.25) is 4.98 Å². The highest BCUT2D eigenvalue weighted by atomic mass is 19.4. The van der Waals surface area contributed by atoms with Crippen molar-refractivity contribution in [2.45, 2.75) is 6.18 Å². The maximum Gasteiger partial charge on any atom is 0.416 e. The van der Waals surface area contributed by atoms with Crippen LogP contribution in [-0.2, 0) is 6.18 Å². The van der Waals surface area contributed by atoms with Gasteiger partial charge in [0.15, 0.2) is 34.9 Å². The molecule has 0 aliphatic rings. The fourth-order valence-electron chi connectivity index (χ4n) is 8.17. The number of hydrogen-bond donors (Lipinski definition) is 0. The van der Waals surface area contributed by atoms with Gasteiger partial charge in [0.2, 0.25) is 0 Å². The maximum absolute atomic E-state index is 14.2. The monoisotopic (exact) mass is 850 g/mol. The van der Waals surface area contributed by atoms with Crippen molar-refractivity contribution in [2.24, 2.45) is 0 Å². The van der Waals surface area contributed by atoms with Crippen molar-refractivity contribution in [3.8, 4) is 85.1 Å². The van der Waals surface area contributed by atoms with Gasteiger partial charge in [0.05, 0.1) is 22.3 Å². The fourth-order valence-corrected chi connectivity index (χ4v) is 8.17. The number of halogens is 3. The molecule has 0 radical (unpaired) electrons. The van der Waals surface area contributed by atoms with Gasteiger partial charge < -0.3 is 4.57 Å². The van der Waals surface area contributed by atoms with Gasteiger partial charge in [-0.15, -0.1) is 0 Å². The molecule has 4 heterocycles. The third kappa shape index (κ3) is 7.44. The van der Waals surface area contributed by atoms with Crippen molar-refractivity contribution in [1.29, 1.82) is 0 Å². The number of alkyl halides is 3. The highest BCUT2D eigenvalue weighted by Gasteiger charge is 2.31. The molecule has 310 valence electrons. The molecule has 0 bridgehead atoms. The van der Waals surface area contributed by atoms with Crippen molar-refractivity contribution in [3.63, 3.8) is 0 Å². The lowest BCUT2D eigenvalue weighted by Gasteiger charge is -2.18. The fraction of sp³-hybridized carbons (Fsp3) is 0.0185. The Balaban J connectivity index is 1.20. The molecule has 0 N–H and O–H groups in total. The molecule has 11 aromatic rings. The van der Waals surface area contributed by atoms with E-state index in [2.05, 4.69) is 4.98 Å². The Bertz CT molecular complexity index is 3410. The molecule has 0 fully saturated rings. The lowest BCUT2D eigenvalue weighted by molar-refractivity contribution is -0.137. The van der Waals surface area contributed by atoms with Crippen molar-refractivity contribution in [3.05, 3.63) is 206 Å². The van der Waals surface area contributed by atoms with Crippen molar-refractivity contribution >= 4 is 21.8 Å². The van der Waals surface area contributed by atoms with E-state index in [-0.39, 0.29) is 0 Å². The average molecular weight is 851 g/mol. The van der Waals surface area contributed by atoms with Crippen molar-refractivity contribution in [2.75, 3.05) is 0 Å². The van der Waals surface area contributed by atoms with Crippen LogP contribution >= 0.6 is 0 Å². The van der Waals surface area contributed by atoms with Gasteiger partial charge in [-0.1, -0.05) is 140 Å². The molecule has 0 unspecified atom stereocenters. The van der Waals surface area contributed by atoms with Gasteiger partial charge in [-0.05, 0) is 54.1 Å².